The third-order valence-corrected chi connectivity index (χ3v) is 2.86. The molecule has 0 amide bonds. The number of para-hydroxylation sites is 2. The van der Waals surface area contributed by atoms with Crippen molar-refractivity contribution >= 4 is 17.1 Å². The van der Waals surface area contributed by atoms with Crippen LogP contribution in [0, 0.1) is 6.07 Å². The van der Waals surface area contributed by atoms with Crippen molar-refractivity contribution in [3.05, 3.63) is 54.6 Å². The van der Waals surface area contributed by atoms with E-state index in [1.165, 1.54) is 17.1 Å². The quantitative estimate of drug-likeness (QED) is 0.776. The number of nitrogens with one attached hydrogen (secondary N) is 1. The molecule has 79 valence electrons. The molecule has 0 unspecified atom stereocenters. The number of fused-ring (bicyclic) bond motifs is 1. The van der Waals surface area contributed by atoms with Gasteiger partial charge in [-0.1, -0.05) is 24.3 Å². The summed E-state index contributed by atoms with van der Waals surface area (Å²) in [5, 5.41) is 3.41. The second kappa shape index (κ2) is 3.89. The number of rotatable bonds is 1. The van der Waals surface area contributed by atoms with Crippen molar-refractivity contribution < 1.29 is 0 Å². The fraction of sp³-hybridized carbons (Fsp3) is 0.143. The van der Waals surface area contributed by atoms with Crippen molar-refractivity contribution in [1.82, 2.24) is 0 Å². The molecule has 1 heterocycles. The molecule has 0 saturated carbocycles. The van der Waals surface area contributed by atoms with E-state index >= 15 is 0 Å². The summed E-state index contributed by atoms with van der Waals surface area (Å²) in [6, 6.07) is 19.6. The second-order valence-corrected chi connectivity index (χ2v) is 3.85. The molecule has 16 heavy (non-hydrogen) atoms. The fourth-order valence-electron chi connectivity index (χ4n) is 2.11. The Morgan fingerprint density at radius 3 is 2.75 bits per heavy atom. The molecular formula is C14H13N2. The van der Waals surface area contributed by atoms with Crippen LogP contribution in [0.15, 0.2) is 48.5 Å². The van der Waals surface area contributed by atoms with Crippen molar-refractivity contribution in [1.29, 1.82) is 0 Å². The predicted molar refractivity (Wildman–Crippen MR) is 67.2 cm³/mol. The fourth-order valence-corrected chi connectivity index (χ4v) is 2.11. The van der Waals surface area contributed by atoms with Gasteiger partial charge in [-0.3, -0.25) is 0 Å². The number of nitrogens with zero attached hydrogens (tertiary/aromatic N) is 1. The Balaban J connectivity index is 2.05. The van der Waals surface area contributed by atoms with Gasteiger partial charge in [0.2, 0.25) is 0 Å². The summed E-state index contributed by atoms with van der Waals surface area (Å²) in [6.07, 6.45) is 0. The summed E-state index contributed by atoms with van der Waals surface area (Å²) in [5.41, 5.74) is 3.69. The highest BCUT2D eigenvalue weighted by atomic mass is 15.2. The molecule has 0 atom stereocenters. The zero-order valence-electron chi connectivity index (χ0n) is 8.98. The topological polar surface area (TPSA) is 15.3 Å². The van der Waals surface area contributed by atoms with E-state index in [1.54, 1.807) is 0 Å². The van der Waals surface area contributed by atoms with Gasteiger partial charge in [-0.2, -0.15) is 0 Å². The molecule has 0 saturated heterocycles. The maximum atomic E-state index is 3.41. The third-order valence-electron chi connectivity index (χ3n) is 2.86. The van der Waals surface area contributed by atoms with Crippen LogP contribution in [0.3, 0.4) is 0 Å². The summed E-state index contributed by atoms with van der Waals surface area (Å²) in [5.74, 6) is 0. The van der Waals surface area contributed by atoms with Crippen molar-refractivity contribution in [2.24, 2.45) is 0 Å². The molecule has 2 aromatic rings. The molecular weight excluding hydrogens is 196 g/mol. The lowest BCUT2D eigenvalue weighted by Crippen LogP contribution is -2.29. The molecule has 1 radical (unpaired) electrons. The van der Waals surface area contributed by atoms with E-state index in [2.05, 4.69) is 52.7 Å². The van der Waals surface area contributed by atoms with Crippen LogP contribution in [0.4, 0.5) is 17.1 Å². The molecule has 0 aliphatic carbocycles. The van der Waals surface area contributed by atoms with Crippen molar-refractivity contribution in [2.75, 3.05) is 23.3 Å². The molecule has 1 aliphatic rings. The number of hydrogen-bond acceptors (Lipinski definition) is 2. The van der Waals surface area contributed by atoms with E-state index in [9.17, 15) is 0 Å². The van der Waals surface area contributed by atoms with Gasteiger partial charge in [0.15, 0.2) is 0 Å². The SMILES string of the molecule is [c]1ccc(N2CCNc3ccccc32)cc1. The Bertz CT molecular complexity index is 479. The number of anilines is 3. The summed E-state index contributed by atoms with van der Waals surface area (Å²) >= 11 is 0. The zero-order valence-corrected chi connectivity index (χ0v) is 8.98. The van der Waals surface area contributed by atoms with E-state index in [0.29, 0.717) is 0 Å². The van der Waals surface area contributed by atoms with Crippen LogP contribution >= 0.6 is 0 Å². The maximum absolute atomic E-state index is 3.41. The molecule has 2 aromatic carbocycles. The standard InChI is InChI=1S/C14H13N2/c1-2-6-12(7-3-1)16-11-10-15-13-8-4-5-9-14(13)16/h2-9,15H,10-11H2. The van der Waals surface area contributed by atoms with Crippen LogP contribution in [0.1, 0.15) is 0 Å². The maximum Gasteiger partial charge on any atom is 0.0647 e. The van der Waals surface area contributed by atoms with E-state index < -0.39 is 0 Å². The van der Waals surface area contributed by atoms with Gasteiger partial charge >= 0.3 is 0 Å². The van der Waals surface area contributed by atoms with Gasteiger partial charge in [0.1, 0.15) is 0 Å². The highest BCUT2D eigenvalue weighted by Crippen LogP contribution is 2.33. The first-order valence-electron chi connectivity index (χ1n) is 5.52. The lowest BCUT2D eigenvalue weighted by molar-refractivity contribution is 0.927. The predicted octanol–water partition coefficient (Wildman–Crippen LogP) is 3.05. The highest BCUT2D eigenvalue weighted by molar-refractivity contribution is 5.78. The normalized spacial score (nSPS) is 14.1. The van der Waals surface area contributed by atoms with Gasteiger partial charge in [0, 0.05) is 18.8 Å². The molecule has 1 aliphatic heterocycles. The second-order valence-electron chi connectivity index (χ2n) is 3.85. The summed E-state index contributed by atoms with van der Waals surface area (Å²) in [7, 11) is 0. The van der Waals surface area contributed by atoms with Crippen molar-refractivity contribution in [3.8, 4) is 0 Å². The average molecular weight is 209 g/mol. The Hall–Kier alpha value is -1.96. The van der Waals surface area contributed by atoms with Gasteiger partial charge in [-0.25, -0.2) is 0 Å². The van der Waals surface area contributed by atoms with Gasteiger partial charge in [0.05, 0.1) is 11.4 Å². The monoisotopic (exact) mass is 209 g/mol. The molecule has 0 bridgehead atoms. The van der Waals surface area contributed by atoms with Gasteiger partial charge < -0.3 is 10.2 Å². The Morgan fingerprint density at radius 2 is 1.88 bits per heavy atom. The molecule has 2 nitrogen and oxygen atoms in total. The number of hydrogen-bond donors (Lipinski definition) is 1. The van der Waals surface area contributed by atoms with Crippen LogP contribution in [-0.4, -0.2) is 13.1 Å². The minimum absolute atomic E-state index is 0.982. The van der Waals surface area contributed by atoms with Crippen molar-refractivity contribution in [3.63, 3.8) is 0 Å². The van der Waals surface area contributed by atoms with E-state index in [4.69, 9.17) is 0 Å². The molecule has 0 aromatic heterocycles. The van der Waals surface area contributed by atoms with Crippen LogP contribution in [-0.2, 0) is 0 Å². The summed E-state index contributed by atoms with van der Waals surface area (Å²) in [4.78, 5) is 2.33. The van der Waals surface area contributed by atoms with Crippen LogP contribution < -0.4 is 10.2 Å². The lowest BCUT2D eigenvalue weighted by atomic mass is 10.1. The lowest BCUT2D eigenvalue weighted by Gasteiger charge is -2.32. The summed E-state index contributed by atoms with van der Waals surface area (Å²) < 4.78 is 0. The third kappa shape index (κ3) is 1.52. The van der Waals surface area contributed by atoms with Gasteiger partial charge in [-0.05, 0) is 30.3 Å². The Kier molecular flexibility index (Phi) is 2.26. The van der Waals surface area contributed by atoms with E-state index in [0.717, 1.165) is 13.1 Å². The minimum atomic E-state index is 0.982. The Morgan fingerprint density at radius 1 is 1.06 bits per heavy atom. The van der Waals surface area contributed by atoms with Gasteiger partial charge in [-0.15, -0.1) is 0 Å². The largest absolute Gasteiger partial charge is 0.382 e. The van der Waals surface area contributed by atoms with Crippen LogP contribution in [0.25, 0.3) is 0 Å². The number of benzene rings is 2. The molecule has 3 rings (SSSR count). The van der Waals surface area contributed by atoms with Crippen molar-refractivity contribution in [2.45, 2.75) is 0 Å². The first-order chi connectivity index (χ1) is 7.95. The molecule has 0 spiro atoms. The van der Waals surface area contributed by atoms with Crippen LogP contribution in [0.2, 0.25) is 0 Å². The van der Waals surface area contributed by atoms with E-state index in [1.807, 2.05) is 12.1 Å². The highest BCUT2D eigenvalue weighted by Gasteiger charge is 2.16. The summed E-state index contributed by atoms with van der Waals surface area (Å²) in [6.45, 7) is 1.98. The minimum Gasteiger partial charge on any atom is -0.382 e. The molecule has 1 N–H and O–H groups in total. The first kappa shape index (κ1) is 9.28. The molecule has 0 fully saturated rings. The molecule has 2 heteroatoms. The van der Waals surface area contributed by atoms with Gasteiger partial charge in [0.25, 0.3) is 0 Å². The Labute approximate surface area is 95.5 Å². The van der Waals surface area contributed by atoms with Crippen LogP contribution in [0.5, 0.6) is 0 Å². The zero-order chi connectivity index (χ0) is 10.8. The first-order valence-corrected chi connectivity index (χ1v) is 5.52. The average Bonchev–Trinajstić information content (AvgIpc) is 2.39. The van der Waals surface area contributed by atoms with E-state index in [-0.39, 0.29) is 0 Å². The smallest absolute Gasteiger partial charge is 0.0647 e.